The number of imidazole rings is 1. The molecule has 0 amide bonds. The predicted octanol–water partition coefficient (Wildman–Crippen LogP) is 5.30. The van der Waals surface area contributed by atoms with Gasteiger partial charge >= 0.3 is 0 Å². The van der Waals surface area contributed by atoms with Gasteiger partial charge in [-0.1, -0.05) is 29.3 Å². The molecule has 1 aromatic heterocycles. The van der Waals surface area contributed by atoms with Gasteiger partial charge in [0.1, 0.15) is 16.1 Å². The van der Waals surface area contributed by atoms with Gasteiger partial charge < -0.3 is 18.8 Å². The summed E-state index contributed by atoms with van der Waals surface area (Å²) < 4.78 is 20.6. The van der Waals surface area contributed by atoms with Crippen LogP contribution in [0, 0.1) is 6.92 Å². The number of halogens is 2. The van der Waals surface area contributed by atoms with E-state index in [0.717, 1.165) is 15.9 Å². The average molecular weight is 450 g/mol. The summed E-state index contributed by atoms with van der Waals surface area (Å²) in [6.07, 6.45) is 3.45. The number of aryl methyl sites for hydroxylation is 1. The van der Waals surface area contributed by atoms with Gasteiger partial charge in [0.15, 0.2) is 0 Å². The fourth-order valence-electron chi connectivity index (χ4n) is 3.04. The largest absolute Gasteiger partial charge is 0.457 e. The number of hydrogen-bond acceptors (Lipinski definition) is 4. The Morgan fingerprint density at radius 2 is 1.85 bits per heavy atom. The summed E-state index contributed by atoms with van der Waals surface area (Å²) in [6, 6.07) is 13.4. The van der Waals surface area contributed by atoms with Gasteiger partial charge in [-0.3, -0.25) is 0 Å². The minimum atomic E-state index is -0.956. The van der Waals surface area contributed by atoms with Gasteiger partial charge in [-0.2, -0.15) is 0 Å². The zero-order chi connectivity index (χ0) is 18.9. The van der Waals surface area contributed by atoms with Crippen LogP contribution in [0.2, 0.25) is 5.02 Å². The third-order valence-corrected chi connectivity index (χ3v) is 5.37. The molecule has 3 aromatic rings. The maximum absolute atomic E-state index is 6.59. The molecule has 0 unspecified atom stereocenters. The van der Waals surface area contributed by atoms with Crippen molar-refractivity contribution in [1.29, 1.82) is 0 Å². The molecule has 1 saturated heterocycles. The van der Waals surface area contributed by atoms with E-state index < -0.39 is 5.79 Å². The Labute approximate surface area is 171 Å². The van der Waals surface area contributed by atoms with Crippen LogP contribution in [-0.4, -0.2) is 22.8 Å². The first-order chi connectivity index (χ1) is 13.1. The van der Waals surface area contributed by atoms with Gasteiger partial charge in [0.25, 0.3) is 0 Å². The lowest BCUT2D eigenvalue weighted by atomic mass is 10.1. The van der Waals surface area contributed by atoms with Crippen LogP contribution in [0.1, 0.15) is 11.1 Å². The molecule has 140 valence electrons. The van der Waals surface area contributed by atoms with E-state index in [1.807, 2.05) is 47.9 Å². The third kappa shape index (κ3) is 3.89. The molecule has 0 radical (unpaired) electrons. The zero-order valence-corrected chi connectivity index (χ0v) is 17.0. The van der Waals surface area contributed by atoms with Crippen molar-refractivity contribution in [3.63, 3.8) is 0 Å². The molecule has 1 aliphatic heterocycles. The lowest BCUT2D eigenvalue weighted by molar-refractivity contribution is -0.176. The average Bonchev–Trinajstić information content (AvgIpc) is 3.28. The van der Waals surface area contributed by atoms with E-state index in [-0.39, 0.29) is 0 Å². The molecule has 27 heavy (non-hydrogen) atoms. The van der Waals surface area contributed by atoms with Crippen molar-refractivity contribution in [2.75, 3.05) is 13.2 Å². The van der Waals surface area contributed by atoms with Crippen molar-refractivity contribution < 1.29 is 14.2 Å². The number of hydrogen-bond donors (Lipinski definition) is 0. The molecule has 2 heterocycles. The van der Waals surface area contributed by atoms with Gasteiger partial charge in [-0.15, -0.1) is 0 Å². The Kier molecular flexibility index (Phi) is 5.23. The summed E-state index contributed by atoms with van der Waals surface area (Å²) in [5.41, 5.74) is 1.94. The molecular weight excluding hydrogens is 432 g/mol. The second-order valence-electron chi connectivity index (χ2n) is 6.35. The van der Waals surface area contributed by atoms with Gasteiger partial charge in [0.05, 0.1) is 37.3 Å². The Balaban J connectivity index is 1.61. The van der Waals surface area contributed by atoms with Crippen molar-refractivity contribution in [2.24, 2.45) is 0 Å². The van der Waals surface area contributed by atoms with Crippen LogP contribution in [0.5, 0.6) is 11.5 Å². The third-order valence-electron chi connectivity index (χ3n) is 4.40. The van der Waals surface area contributed by atoms with Crippen LogP contribution in [0.25, 0.3) is 0 Å². The van der Waals surface area contributed by atoms with Gasteiger partial charge in [-0.25, -0.2) is 4.98 Å². The highest BCUT2D eigenvalue weighted by molar-refractivity contribution is 9.10. The molecule has 0 aliphatic carbocycles. The van der Waals surface area contributed by atoms with Crippen LogP contribution in [0.4, 0.5) is 0 Å². The Hall–Kier alpha value is -1.86. The number of ether oxygens (including phenoxy) is 3. The van der Waals surface area contributed by atoms with Crippen molar-refractivity contribution in [2.45, 2.75) is 19.3 Å². The second kappa shape index (κ2) is 7.64. The van der Waals surface area contributed by atoms with Crippen LogP contribution >= 0.6 is 27.5 Å². The standard InChI is InChI=1S/C20H18BrClN2O3/c1-14-2-4-15(5-3-14)27-16-6-7-17(18(22)10-16)20(25-8-9-26-20)12-24-13-23-11-19(24)21/h2-7,10-11,13H,8-9,12H2,1H3. The van der Waals surface area contributed by atoms with Crippen LogP contribution in [-0.2, 0) is 21.8 Å². The maximum Gasteiger partial charge on any atom is 0.215 e. The van der Waals surface area contributed by atoms with Crippen molar-refractivity contribution in [1.82, 2.24) is 9.55 Å². The smallest absolute Gasteiger partial charge is 0.215 e. The highest BCUT2D eigenvalue weighted by Gasteiger charge is 2.41. The summed E-state index contributed by atoms with van der Waals surface area (Å²) in [6.45, 7) is 3.48. The zero-order valence-electron chi connectivity index (χ0n) is 14.7. The van der Waals surface area contributed by atoms with E-state index in [1.165, 1.54) is 5.56 Å². The molecule has 0 N–H and O–H groups in total. The fraction of sp³-hybridized carbons (Fsp3) is 0.250. The van der Waals surface area contributed by atoms with E-state index in [4.69, 9.17) is 25.8 Å². The van der Waals surface area contributed by atoms with Gasteiger partial charge in [0, 0.05) is 5.56 Å². The fourth-order valence-corrected chi connectivity index (χ4v) is 3.69. The summed E-state index contributed by atoms with van der Waals surface area (Å²) in [7, 11) is 0. The topological polar surface area (TPSA) is 45.5 Å². The number of nitrogens with zero attached hydrogens (tertiary/aromatic N) is 2. The SMILES string of the molecule is Cc1ccc(Oc2ccc(C3(Cn4cncc4Br)OCCO3)c(Cl)c2)cc1. The molecule has 0 atom stereocenters. The molecule has 0 spiro atoms. The summed E-state index contributed by atoms with van der Waals surface area (Å²) in [4.78, 5) is 4.13. The first-order valence-corrected chi connectivity index (χ1v) is 9.71. The highest BCUT2D eigenvalue weighted by Crippen LogP contribution is 2.40. The predicted molar refractivity (Wildman–Crippen MR) is 106 cm³/mol. The molecule has 5 nitrogen and oxygen atoms in total. The monoisotopic (exact) mass is 448 g/mol. The lowest BCUT2D eigenvalue weighted by Crippen LogP contribution is -2.33. The summed E-state index contributed by atoms with van der Waals surface area (Å²) in [5.74, 6) is 0.460. The van der Waals surface area contributed by atoms with Crippen molar-refractivity contribution in [3.8, 4) is 11.5 Å². The van der Waals surface area contributed by atoms with Crippen LogP contribution in [0.15, 0.2) is 59.6 Å². The Morgan fingerprint density at radius 3 is 2.48 bits per heavy atom. The molecule has 0 saturated carbocycles. The first kappa shape index (κ1) is 18.5. The van der Waals surface area contributed by atoms with Gasteiger partial charge in [-0.05, 0) is 53.2 Å². The second-order valence-corrected chi connectivity index (χ2v) is 7.57. The molecule has 0 bridgehead atoms. The van der Waals surface area contributed by atoms with Crippen LogP contribution in [0.3, 0.4) is 0 Å². The molecule has 2 aromatic carbocycles. The van der Waals surface area contributed by atoms with Crippen molar-refractivity contribution >= 4 is 27.5 Å². The van der Waals surface area contributed by atoms with E-state index in [0.29, 0.717) is 30.5 Å². The highest BCUT2D eigenvalue weighted by atomic mass is 79.9. The molecule has 1 fully saturated rings. The van der Waals surface area contributed by atoms with Gasteiger partial charge in [0.2, 0.25) is 5.79 Å². The van der Waals surface area contributed by atoms with E-state index in [1.54, 1.807) is 18.6 Å². The first-order valence-electron chi connectivity index (χ1n) is 8.54. The Morgan fingerprint density at radius 1 is 1.15 bits per heavy atom. The number of rotatable bonds is 5. The molecule has 4 rings (SSSR count). The molecule has 7 heteroatoms. The quantitative estimate of drug-likeness (QED) is 0.530. The normalized spacial score (nSPS) is 15.8. The van der Waals surface area contributed by atoms with E-state index >= 15 is 0 Å². The number of aromatic nitrogens is 2. The van der Waals surface area contributed by atoms with E-state index in [9.17, 15) is 0 Å². The summed E-state index contributed by atoms with van der Waals surface area (Å²) >= 11 is 10.1. The van der Waals surface area contributed by atoms with E-state index in [2.05, 4.69) is 20.9 Å². The number of benzene rings is 2. The lowest BCUT2D eigenvalue weighted by Gasteiger charge is -2.29. The molecular formula is C20H18BrClN2O3. The summed E-state index contributed by atoms with van der Waals surface area (Å²) in [5, 5.41) is 0.526. The minimum Gasteiger partial charge on any atom is -0.457 e. The van der Waals surface area contributed by atoms with Crippen molar-refractivity contribution in [3.05, 3.63) is 75.7 Å². The maximum atomic E-state index is 6.59. The Bertz CT molecular complexity index is 937. The minimum absolute atomic E-state index is 0.436. The molecule has 1 aliphatic rings. The van der Waals surface area contributed by atoms with Crippen LogP contribution < -0.4 is 4.74 Å².